The molecular weight excluding hydrogens is 290 g/mol. The van der Waals surface area contributed by atoms with Crippen molar-refractivity contribution in [1.29, 1.82) is 0 Å². The second-order valence-electron chi connectivity index (χ2n) is 6.76. The van der Waals surface area contributed by atoms with Gasteiger partial charge >= 0.3 is 0 Å². The molecule has 0 aromatic rings. The number of aliphatic hydroxyl groups excluding tert-OH is 2. The van der Waals surface area contributed by atoms with Crippen LogP contribution in [0, 0.1) is 11.8 Å². The molecule has 4 heteroatoms. The Morgan fingerprint density at radius 2 is 2.13 bits per heavy atom. The highest BCUT2D eigenvalue weighted by Gasteiger charge is 2.34. The molecule has 128 valence electrons. The average molecular weight is 319 g/mol. The molecule has 1 fully saturated rings. The molecule has 1 aliphatic heterocycles. The summed E-state index contributed by atoms with van der Waals surface area (Å²) in [6.07, 6.45) is 12.0. The minimum Gasteiger partial charge on any atom is -0.393 e. The Morgan fingerprint density at radius 3 is 2.83 bits per heavy atom. The number of aliphatic hydroxyl groups is 2. The van der Waals surface area contributed by atoms with Gasteiger partial charge in [-0.25, -0.2) is 0 Å². The van der Waals surface area contributed by atoms with E-state index in [1.54, 1.807) is 12.2 Å². The van der Waals surface area contributed by atoms with Crippen molar-refractivity contribution in [3.8, 4) is 0 Å². The first-order valence-electron chi connectivity index (χ1n) is 8.64. The van der Waals surface area contributed by atoms with Crippen molar-refractivity contribution in [2.24, 2.45) is 11.8 Å². The molecule has 0 amide bonds. The number of hydrogen-bond donors (Lipinski definition) is 2. The van der Waals surface area contributed by atoms with E-state index in [1.807, 2.05) is 12.2 Å². The standard InChI is InChI=1S/C19H29NO3/c1-3-18-14(2)19(23)10-16(13-21)12-20(18)11-15-6-4-5-7-17(22)9-8-15/h5-9,13-14,16-19,22-23H,3-4,10-12H2,1-2H3/b7-5+,9-8?,15-6?/t14-,16-,17?,18?,19?/m1/s1. The van der Waals surface area contributed by atoms with Crippen molar-refractivity contribution in [1.82, 2.24) is 4.90 Å². The molecule has 1 aliphatic carbocycles. The van der Waals surface area contributed by atoms with Crippen LogP contribution in [-0.4, -0.2) is 52.7 Å². The van der Waals surface area contributed by atoms with Crippen LogP contribution in [0.1, 0.15) is 33.1 Å². The summed E-state index contributed by atoms with van der Waals surface area (Å²) in [7, 11) is 0. The highest BCUT2D eigenvalue weighted by Crippen LogP contribution is 2.28. The van der Waals surface area contributed by atoms with E-state index in [-0.39, 0.29) is 17.9 Å². The monoisotopic (exact) mass is 319 g/mol. The van der Waals surface area contributed by atoms with Gasteiger partial charge in [0.2, 0.25) is 0 Å². The maximum Gasteiger partial charge on any atom is 0.124 e. The van der Waals surface area contributed by atoms with E-state index < -0.39 is 12.2 Å². The van der Waals surface area contributed by atoms with Gasteiger partial charge in [0.25, 0.3) is 0 Å². The summed E-state index contributed by atoms with van der Waals surface area (Å²) in [5.74, 6) is 0.0289. The summed E-state index contributed by atoms with van der Waals surface area (Å²) in [5, 5.41) is 20.1. The van der Waals surface area contributed by atoms with Crippen LogP contribution in [0.4, 0.5) is 0 Å². The summed E-state index contributed by atoms with van der Waals surface area (Å²) >= 11 is 0. The van der Waals surface area contributed by atoms with E-state index >= 15 is 0 Å². The lowest BCUT2D eigenvalue weighted by molar-refractivity contribution is -0.112. The average Bonchev–Trinajstić information content (AvgIpc) is 2.63. The predicted molar refractivity (Wildman–Crippen MR) is 92.0 cm³/mol. The fourth-order valence-electron chi connectivity index (χ4n) is 3.68. The molecule has 1 heterocycles. The molecular formula is C19H29NO3. The minimum absolute atomic E-state index is 0.118. The summed E-state index contributed by atoms with van der Waals surface area (Å²) < 4.78 is 0. The van der Waals surface area contributed by atoms with Gasteiger partial charge in [0, 0.05) is 25.0 Å². The Balaban J connectivity index is 2.18. The summed E-state index contributed by atoms with van der Waals surface area (Å²) in [5.41, 5.74) is 1.15. The molecule has 0 aromatic carbocycles. The van der Waals surface area contributed by atoms with Crippen LogP contribution in [0.25, 0.3) is 0 Å². The molecule has 0 aromatic heterocycles. The fourth-order valence-corrected chi connectivity index (χ4v) is 3.68. The number of likely N-dealkylation sites (tertiary alicyclic amines) is 1. The highest BCUT2D eigenvalue weighted by atomic mass is 16.3. The fraction of sp³-hybridized carbons (Fsp3) is 0.632. The van der Waals surface area contributed by atoms with Crippen molar-refractivity contribution in [3.05, 3.63) is 36.0 Å². The van der Waals surface area contributed by atoms with Gasteiger partial charge in [0.1, 0.15) is 6.29 Å². The number of aldehydes is 1. The first-order chi connectivity index (χ1) is 11.0. The zero-order chi connectivity index (χ0) is 16.8. The van der Waals surface area contributed by atoms with Crippen LogP contribution in [0.2, 0.25) is 0 Å². The molecule has 5 atom stereocenters. The zero-order valence-electron chi connectivity index (χ0n) is 14.1. The number of hydrogen-bond acceptors (Lipinski definition) is 4. The highest BCUT2D eigenvalue weighted by molar-refractivity contribution is 5.54. The van der Waals surface area contributed by atoms with Gasteiger partial charge in [-0.1, -0.05) is 44.2 Å². The van der Waals surface area contributed by atoms with Gasteiger partial charge in [-0.3, -0.25) is 4.90 Å². The van der Waals surface area contributed by atoms with E-state index in [0.29, 0.717) is 13.0 Å². The molecule has 0 saturated carbocycles. The Labute approximate surface area is 139 Å². The Kier molecular flexibility index (Phi) is 6.75. The van der Waals surface area contributed by atoms with Gasteiger partial charge in [0.05, 0.1) is 12.2 Å². The van der Waals surface area contributed by atoms with Crippen LogP contribution in [0.5, 0.6) is 0 Å². The normalized spacial score (nSPS) is 37.4. The van der Waals surface area contributed by atoms with E-state index in [1.165, 1.54) is 0 Å². The zero-order valence-corrected chi connectivity index (χ0v) is 14.1. The number of allylic oxidation sites excluding steroid dienone is 2. The molecule has 0 radical (unpaired) electrons. The van der Waals surface area contributed by atoms with Crippen LogP contribution >= 0.6 is 0 Å². The summed E-state index contributed by atoms with van der Waals surface area (Å²) in [4.78, 5) is 13.7. The van der Waals surface area contributed by atoms with Gasteiger partial charge in [0.15, 0.2) is 0 Å². The Morgan fingerprint density at radius 1 is 1.35 bits per heavy atom. The molecule has 4 nitrogen and oxygen atoms in total. The third-order valence-electron chi connectivity index (χ3n) is 5.05. The first kappa shape index (κ1) is 18.1. The molecule has 0 bridgehead atoms. The minimum atomic E-state index is -0.534. The maximum atomic E-state index is 11.3. The van der Waals surface area contributed by atoms with Crippen molar-refractivity contribution in [2.75, 3.05) is 13.1 Å². The van der Waals surface area contributed by atoms with E-state index in [0.717, 1.165) is 31.2 Å². The van der Waals surface area contributed by atoms with Crippen LogP contribution in [-0.2, 0) is 4.79 Å². The lowest BCUT2D eigenvalue weighted by Crippen LogP contribution is -2.42. The quantitative estimate of drug-likeness (QED) is 0.615. The molecule has 1 saturated heterocycles. The number of nitrogens with zero attached hydrogens (tertiary/aromatic N) is 1. The second-order valence-corrected chi connectivity index (χ2v) is 6.76. The third-order valence-corrected chi connectivity index (χ3v) is 5.05. The molecule has 2 rings (SSSR count). The maximum absolute atomic E-state index is 11.3. The Bertz CT molecular complexity index is 483. The van der Waals surface area contributed by atoms with Crippen LogP contribution in [0.3, 0.4) is 0 Å². The van der Waals surface area contributed by atoms with Crippen molar-refractivity contribution in [3.63, 3.8) is 0 Å². The SMILES string of the molecule is CCC1[C@@H](C)C(O)C[C@@H](C=O)CN1CC1=CC/C=C/C(O)C=C1. The number of carbonyl (C=O) groups excluding carboxylic acids is 1. The van der Waals surface area contributed by atoms with Crippen molar-refractivity contribution < 1.29 is 15.0 Å². The summed E-state index contributed by atoms with van der Waals surface area (Å²) in [6, 6.07) is 0.259. The van der Waals surface area contributed by atoms with Gasteiger partial charge in [-0.05, 0) is 30.8 Å². The third kappa shape index (κ3) is 4.87. The lowest BCUT2D eigenvalue weighted by Gasteiger charge is -2.34. The van der Waals surface area contributed by atoms with Crippen molar-refractivity contribution >= 4 is 6.29 Å². The number of carbonyl (C=O) groups is 1. The largest absolute Gasteiger partial charge is 0.393 e. The molecule has 0 spiro atoms. The van der Waals surface area contributed by atoms with E-state index in [2.05, 4.69) is 24.8 Å². The molecule has 3 unspecified atom stereocenters. The number of rotatable bonds is 4. The van der Waals surface area contributed by atoms with Gasteiger partial charge in [-0.2, -0.15) is 0 Å². The van der Waals surface area contributed by atoms with Crippen molar-refractivity contribution in [2.45, 2.75) is 51.4 Å². The molecule has 23 heavy (non-hydrogen) atoms. The van der Waals surface area contributed by atoms with Crippen LogP contribution in [0.15, 0.2) is 36.0 Å². The summed E-state index contributed by atoms with van der Waals surface area (Å²) in [6.45, 7) is 5.65. The van der Waals surface area contributed by atoms with E-state index in [9.17, 15) is 15.0 Å². The van der Waals surface area contributed by atoms with Gasteiger partial charge in [-0.15, -0.1) is 0 Å². The van der Waals surface area contributed by atoms with Gasteiger partial charge < -0.3 is 15.0 Å². The molecule has 2 N–H and O–H groups in total. The second kappa shape index (κ2) is 8.57. The topological polar surface area (TPSA) is 60.8 Å². The lowest BCUT2D eigenvalue weighted by atomic mass is 9.90. The smallest absolute Gasteiger partial charge is 0.124 e. The van der Waals surface area contributed by atoms with E-state index in [4.69, 9.17) is 0 Å². The molecule has 2 aliphatic rings. The Hall–Kier alpha value is -1.23. The first-order valence-corrected chi connectivity index (χ1v) is 8.64. The predicted octanol–water partition coefficient (Wildman–Crippen LogP) is 2.09. The van der Waals surface area contributed by atoms with Crippen LogP contribution < -0.4 is 0 Å².